The first-order valence-corrected chi connectivity index (χ1v) is 37.6. The number of non-ortho nitro benzene ring substituents is 1. The minimum absolute atomic E-state index is 0.00431. The lowest BCUT2D eigenvalue weighted by Gasteiger charge is -2.13. The van der Waals surface area contributed by atoms with Crippen LogP contribution in [-0.4, -0.2) is 135 Å². The summed E-state index contributed by atoms with van der Waals surface area (Å²) in [7, 11) is 0.416. The van der Waals surface area contributed by atoms with Crippen molar-refractivity contribution < 1.29 is 43.0 Å². The van der Waals surface area contributed by atoms with E-state index in [1.807, 2.05) is 162 Å². The van der Waals surface area contributed by atoms with Crippen LogP contribution in [0.3, 0.4) is 0 Å². The lowest BCUT2D eigenvalue weighted by Crippen LogP contribution is -2.14. The maximum absolute atomic E-state index is 13.0. The highest BCUT2D eigenvalue weighted by Crippen LogP contribution is 2.31. The first kappa shape index (κ1) is 76.2. The van der Waals surface area contributed by atoms with Gasteiger partial charge in [0.25, 0.3) is 45.8 Å². The Morgan fingerprint density at radius 2 is 0.631 bits per heavy atom. The molecule has 0 spiro atoms. The predicted octanol–water partition coefficient (Wildman–Crippen LogP) is 13.3. The number of anilines is 4. The molecule has 0 amide bonds. The molecular weight excluding hydrogens is 1390 g/mol. The van der Waals surface area contributed by atoms with Crippen LogP contribution < -0.4 is 18.9 Å². The number of sulfonamides is 4. The largest absolute Gasteiger partial charge is 0.304 e. The van der Waals surface area contributed by atoms with Crippen molar-refractivity contribution in [3.8, 4) is 0 Å². The van der Waals surface area contributed by atoms with E-state index in [9.17, 15) is 48.2 Å². The maximum atomic E-state index is 13.0. The quantitative estimate of drug-likeness (QED) is 0.0295. The molecule has 0 bridgehead atoms. The number of nitrogens with one attached hydrogen (secondary N) is 4. The summed E-state index contributed by atoms with van der Waals surface area (Å²) >= 11 is 0. The van der Waals surface area contributed by atoms with E-state index in [-0.39, 0.29) is 25.3 Å². The molecule has 29 heteroatoms. The molecule has 4 aromatic heterocycles. The molecule has 0 aliphatic rings. The van der Waals surface area contributed by atoms with Crippen LogP contribution in [0.25, 0.3) is 48.5 Å². The molecule has 0 aliphatic heterocycles. The highest BCUT2D eigenvalue weighted by Gasteiger charge is 2.22. The van der Waals surface area contributed by atoms with Gasteiger partial charge in [-0.2, -0.15) is 0 Å². The minimum Gasteiger partial charge on any atom is -0.304 e. The summed E-state index contributed by atoms with van der Waals surface area (Å²) < 4.78 is 125. The van der Waals surface area contributed by atoms with Crippen LogP contribution >= 0.6 is 0 Å². The molecule has 4 N–H and O–H groups in total. The molecule has 0 fully saturated rings. The van der Waals surface area contributed by atoms with Crippen molar-refractivity contribution in [3.05, 3.63) is 274 Å². The van der Waals surface area contributed by atoms with E-state index in [0.29, 0.717) is 76.7 Å². The van der Waals surface area contributed by atoms with E-state index < -0.39 is 50.8 Å². The zero-order chi connectivity index (χ0) is 74.4. The average Bonchev–Trinajstić information content (AvgIpc) is 0.809. The predicted molar refractivity (Wildman–Crippen MR) is 403 cm³/mol. The molecule has 12 aromatic rings. The number of fused-ring (bicyclic) bond motifs is 4. The number of para-hydroxylation sites is 4. The summed E-state index contributed by atoms with van der Waals surface area (Å²) in [6.45, 7) is 11.5. The van der Waals surface area contributed by atoms with Crippen molar-refractivity contribution in [1.29, 1.82) is 0 Å². The van der Waals surface area contributed by atoms with Crippen LogP contribution in [0.5, 0.6) is 0 Å². The number of hydrogen-bond acceptors (Lipinski definition) is 18. The van der Waals surface area contributed by atoms with Crippen LogP contribution in [0.15, 0.2) is 238 Å². The van der Waals surface area contributed by atoms with Gasteiger partial charge in [-0.1, -0.05) is 115 Å². The minimum atomic E-state index is -3.91. The second kappa shape index (κ2) is 33.2. The fraction of sp³-hybridized carbons (Fsp3) is 0.176. The van der Waals surface area contributed by atoms with Crippen LogP contribution in [0.1, 0.15) is 28.3 Å². The monoisotopic (exact) mass is 1470 g/mol. The van der Waals surface area contributed by atoms with Gasteiger partial charge < -0.3 is 19.6 Å². The lowest BCUT2D eigenvalue weighted by molar-refractivity contribution is -0.384. The Morgan fingerprint density at radius 3 is 0.883 bits per heavy atom. The smallest absolute Gasteiger partial charge is 0.269 e. The van der Waals surface area contributed by atoms with Gasteiger partial charge in [0, 0.05) is 59.9 Å². The second-order valence-corrected chi connectivity index (χ2v) is 31.4. The van der Waals surface area contributed by atoms with Gasteiger partial charge in [0.2, 0.25) is 0 Å². The number of rotatable bonds is 21. The normalized spacial score (nSPS) is 11.7. The molecule has 0 unspecified atom stereocenters. The molecular formula is C74H75FN14O10S4. The van der Waals surface area contributed by atoms with Crippen molar-refractivity contribution in [2.45, 2.75) is 52.7 Å². The summed E-state index contributed by atoms with van der Waals surface area (Å²) in [6, 6.07) is 58.8. The van der Waals surface area contributed by atoms with Crippen LogP contribution in [-0.2, 0) is 66.3 Å². The third-order valence-corrected chi connectivity index (χ3v) is 20.6. The van der Waals surface area contributed by atoms with E-state index in [1.54, 1.807) is 66.7 Å². The average molecular weight is 1470 g/mol. The van der Waals surface area contributed by atoms with Crippen molar-refractivity contribution >= 4 is 118 Å². The van der Waals surface area contributed by atoms with Crippen molar-refractivity contribution in [1.82, 2.24) is 39.5 Å². The number of aryl methyl sites for hydroxylation is 1. The van der Waals surface area contributed by atoms with E-state index in [2.05, 4.69) is 43.7 Å². The third kappa shape index (κ3) is 20.6. The van der Waals surface area contributed by atoms with Gasteiger partial charge in [0.15, 0.2) is 5.69 Å². The van der Waals surface area contributed by atoms with E-state index in [1.165, 1.54) is 48.5 Å². The standard InChI is InChI=1S/C19H18N4O2S.C19H21N3O2S.C18H18FN3O2S.C18H18N4O4S/c1-20-15-9-11-17(12-10-15)26(24,25)22-18-6-4-5-14-7-8-16(13-23(2)3)21-19(14)18;1-14-7-11-17(12-8-14)25(23,24)21-18-6-4-5-15-9-10-16(13-22(2)3)20-19(15)18;1-22(2)12-15-9-6-13-4-3-5-17(18(13)20-15)21-25(23,24)16-10-7-14(19)8-11-16;1-21(2)12-14-7-6-13-4-3-5-17(18(13)19-14)20-27(25,26)16-10-8-15(9-11-16)22(23)24/h4-12,22H,13H2,2-3H3;4-12,21H,13H2,1-3H3;3-11,21H,12H2,1-2H3;3-11,20H,12H2,1-2H3. The van der Waals surface area contributed by atoms with E-state index in [4.69, 9.17) is 6.57 Å². The second-order valence-electron chi connectivity index (χ2n) is 24.7. The number of nitro groups is 1. The summed E-state index contributed by atoms with van der Waals surface area (Å²) in [5.41, 5.74) is 8.67. The van der Waals surface area contributed by atoms with E-state index in [0.717, 1.165) is 74.1 Å². The molecule has 24 nitrogen and oxygen atoms in total. The van der Waals surface area contributed by atoms with Gasteiger partial charge >= 0.3 is 0 Å². The SMILES string of the molecule is CN(C)Cc1ccc2cccc(NS(=O)(=O)c3ccc(F)cc3)c2n1.CN(C)Cc1ccc2cccc(NS(=O)(=O)c3ccc([N+](=O)[O-])cc3)c2n1.Cc1ccc(S(=O)(=O)Nc2cccc3ccc(CN(C)C)nc23)cc1.[C-]#[N+]c1ccc(S(=O)(=O)Nc2cccc3ccc(CN(C)C)nc23)cc1. The highest BCUT2D eigenvalue weighted by molar-refractivity contribution is 7.93. The zero-order valence-corrected chi connectivity index (χ0v) is 60.9. The van der Waals surface area contributed by atoms with Gasteiger partial charge in [-0.25, -0.2) is 62.8 Å². The zero-order valence-electron chi connectivity index (χ0n) is 57.7. The fourth-order valence-corrected chi connectivity index (χ4v) is 14.6. The first-order valence-electron chi connectivity index (χ1n) is 31.6. The first-order chi connectivity index (χ1) is 48.8. The fourth-order valence-electron chi connectivity index (χ4n) is 10.3. The van der Waals surface area contributed by atoms with Gasteiger partial charge in [0.1, 0.15) is 5.82 Å². The molecule has 12 rings (SSSR count). The topological polar surface area (TPSA) is 297 Å². The number of pyridine rings is 4. The summed E-state index contributed by atoms with van der Waals surface area (Å²) in [6.07, 6.45) is 0. The Balaban J connectivity index is 0.000000160. The van der Waals surface area contributed by atoms with Gasteiger partial charge in [-0.05, 0) is 160 Å². The van der Waals surface area contributed by atoms with E-state index >= 15 is 0 Å². The highest BCUT2D eigenvalue weighted by atomic mass is 32.2. The van der Waals surface area contributed by atoms with Gasteiger partial charge in [-0.3, -0.25) is 29.0 Å². The lowest BCUT2D eigenvalue weighted by atomic mass is 10.2. The molecule has 0 atom stereocenters. The Hall–Kier alpha value is -10.9. The Morgan fingerprint density at radius 1 is 0.379 bits per heavy atom. The van der Waals surface area contributed by atoms with Crippen molar-refractivity contribution in [2.75, 3.05) is 75.3 Å². The van der Waals surface area contributed by atoms with Crippen LogP contribution in [0.4, 0.5) is 38.5 Å². The number of benzene rings is 8. The molecule has 0 saturated carbocycles. The third-order valence-electron chi connectivity index (χ3n) is 15.1. The molecule has 8 aromatic carbocycles. The molecule has 103 heavy (non-hydrogen) atoms. The molecule has 4 heterocycles. The summed E-state index contributed by atoms with van der Waals surface area (Å²) in [5.74, 6) is -0.487. The summed E-state index contributed by atoms with van der Waals surface area (Å²) in [4.78, 5) is 40.1. The van der Waals surface area contributed by atoms with Crippen LogP contribution in [0.2, 0.25) is 0 Å². The molecule has 0 radical (unpaired) electrons. The molecule has 0 saturated heterocycles. The van der Waals surface area contributed by atoms with Gasteiger partial charge in [-0.15, -0.1) is 0 Å². The van der Waals surface area contributed by atoms with Crippen LogP contribution in [0, 0.1) is 29.4 Å². The van der Waals surface area contributed by atoms with Gasteiger partial charge in [0.05, 0.1) is 98.7 Å². The number of hydrogen-bond donors (Lipinski definition) is 4. The number of nitrogens with zero attached hydrogens (tertiary/aromatic N) is 10. The Bertz CT molecular complexity index is 5400. The summed E-state index contributed by atoms with van der Waals surface area (Å²) in [5, 5.41) is 14.1. The molecule has 0 aliphatic carbocycles. The Labute approximate surface area is 598 Å². The maximum Gasteiger partial charge on any atom is 0.269 e. The Kier molecular flexibility index (Phi) is 24.6. The number of halogens is 1. The van der Waals surface area contributed by atoms with Crippen molar-refractivity contribution in [2.24, 2.45) is 0 Å². The molecule has 532 valence electrons. The number of nitro benzene ring substituents is 1. The number of aromatic nitrogens is 4. The van der Waals surface area contributed by atoms with Crippen molar-refractivity contribution in [3.63, 3.8) is 0 Å².